The molecule has 0 fully saturated rings. The first-order valence-electron chi connectivity index (χ1n) is 9.67. The van der Waals surface area contributed by atoms with Gasteiger partial charge in [0.05, 0.1) is 18.8 Å². The Labute approximate surface area is 189 Å². The monoisotopic (exact) mass is 514 g/mol. The molecule has 2 heterocycles. The summed E-state index contributed by atoms with van der Waals surface area (Å²) in [7, 11) is 0. The van der Waals surface area contributed by atoms with Gasteiger partial charge in [-0.3, -0.25) is 0 Å². The van der Waals surface area contributed by atoms with E-state index >= 15 is 0 Å². The van der Waals surface area contributed by atoms with E-state index < -0.39 is 0 Å². The van der Waals surface area contributed by atoms with Gasteiger partial charge >= 0.3 is 0 Å². The molecule has 154 valence electrons. The van der Waals surface area contributed by atoms with Crippen molar-refractivity contribution in [2.75, 3.05) is 19.7 Å². The maximum absolute atomic E-state index is 5.58. The summed E-state index contributed by atoms with van der Waals surface area (Å²) in [6.45, 7) is 11.7. The first-order valence-corrected chi connectivity index (χ1v) is 10.6. The molecule has 0 saturated carbocycles. The van der Waals surface area contributed by atoms with Crippen LogP contribution < -0.4 is 15.4 Å². The summed E-state index contributed by atoms with van der Waals surface area (Å²) in [4.78, 5) is 9.41. The van der Waals surface area contributed by atoms with E-state index in [0.29, 0.717) is 6.54 Å². The Balaban J connectivity index is 0.00000280. The number of thiazole rings is 1. The molecule has 0 bridgehead atoms. The van der Waals surface area contributed by atoms with Crippen molar-refractivity contribution in [2.24, 2.45) is 4.99 Å². The molecule has 0 saturated heterocycles. The third kappa shape index (κ3) is 6.34. The molecule has 1 aliphatic rings. The van der Waals surface area contributed by atoms with Crippen LogP contribution in [0, 0.1) is 0 Å². The first kappa shape index (κ1) is 22.9. The SMILES string of the molecule is CCNC(=NCc1nc(C(C)(C)C)cs1)NCCc1ccc2c(c1)CCO2.I. The molecule has 5 nitrogen and oxygen atoms in total. The van der Waals surface area contributed by atoms with E-state index in [-0.39, 0.29) is 29.4 Å². The van der Waals surface area contributed by atoms with Crippen LogP contribution in [0.4, 0.5) is 0 Å². The standard InChI is InChI=1S/C21H30N4OS.HI/c1-5-22-20(24-13-19-25-18(14-27-19)21(2,3)4)23-10-8-15-6-7-17-16(12-15)9-11-26-17;/h6-7,12,14H,5,8-11,13H2,1-4H3,(H2,22,23,24);1H. The molecule has 0 amide bonds. The number of ether oxygens (including phenoxy) is 1. The number of halogens is 1. The number of hydrogen-bond donors (Lipinski definition) is 2. The van der Waals surface area contributed by atoms with E-state index in [1.54, 1.807) is 11.3 Å². The van der Waals surface area contributed by atoms with E-state index in [1.807, 2.05) is 0 Å². The second kappa shape index (κ2) is 10.4. The molecule has 2 N–H and O–H groups in total. The molecular formula is C21H31IN4OS. The van der Waals surface area contributed by atoms with Crippen LogP contribution in [-0.2, 0) is 24.8 Å². The molecule has 2 aromatic rings. The summed E-state index contributed by atoms with van der Waals surface area (Å²) in [5.41, 5.74) is 3.88. The number of benzene rings is 1. The van der Waals surface area contributed by atoms with Gasteiger partial charge in [-0.1, -0.05) is 32.9 Å². The minimum Gasteiger partial charge on any atom is -0.493 e. The lowest BCUT2D eigenvalue weighted by Crippen LogP contribution is -2.38. The number of hydrogen-bond acceptors (Lipinski definition) is 4. The van der Waals surface area contributed by atoms with Crippen molar-refractivity contribution < 1.29 is 4.74 Å². The quantitative estimate of drug-likeness (QED) is 0.343. The maximum Gasteiger partial charge on any atom is 0.191 e. The van der Waals surface area contributed by atoms with Gasteiger partial charge in [-0.25, -0.2) is 9.98 Å². The van der Waals surface area contributed by atoms with Crippen LogP contribution in [0.2, 0.25) is 0 Å². The number of nitrogens with zero attached hydrogens (tertiary/aromatic N) is 2. The van der Waals surface area contributed by atoms with Crippen LogP contribution in [0.3, 0.4) is 0 Å². The van der Waals surface area contributed by atoms with Crippen molar-refractivity contribution in [1.82, 2.24) is 15.6 Å². The van der Waals surface area contributed by atoms with Gasteiger partial charge < -0.3 is 15.4 Å². The summed E-state index contributed by atoms with van der Waals surface area (Å²) in [6.07, 6.45) is 1.98. The average molecular weight is 514 g/mol. The van der Waals surface area contributed by atoms with Gasteiger partial charge in [-0.05, 0) is 30.5 Å². The Morgan fingerprint density at radius 3 is 2.82 bits per heavy atom. The van der Waals surface area contributed by atoms with Gasteiger partial charge in [0.2, 0.25) is 0 Å². The summed E-state index contributed by atoms with van der Waals surface area (Å²) in [6, 6.07) is 6.50. The normalized spacial score (nSPS) is 13.5. The molecule has 0 atom stereocenters. The highest BCUT2D eigenvalue weighted by Crippen LogP contribution is 2.26. The molecule has 1 aromatic heterocycles. The third-order valence-electron chi connectivity index (χ3n) is 4.50. The van der Waals surface area contributed by atoms with Crippen molar-refractivity contribution in [1.29, 1.82) is 0 Å². The summed E-state index contributed by atoms with van der Waals surface area (Å²) < 4.78 is 5.58. The number of aliphatic imine (C=N–C) groups is 1. The van der Waals surface area contributed by atoms with E-state index in [0.717, 1.165) is 54.9 Å². The van der Waals surface area contributed by atoms with Gasteiger partial charge in [-0.15, -0.1) is 35.3 Å². The number of fused-ring (bicyclic) bond motifs is 1. The van der Waals surface area contributed by atoms with Gasteiger partial charge in [0.15, 0.2) is 5.96 Å². The van der Waals surface area contributed by atoms with Crippen LogP contribution in [-0.4, -0.2) is 30.6 Å². The molecule has 3 rings (SSSR count). The van der Waals surface area contributed by atoms with E-state index in [2.05, 4.69) is 61.9 Å². The first-order chi connectivity index (χ1) is 13.0. The highest BCUT2D eigenvalue weighted by molar-refractivity contribution is 14.0. The Hall–Kier alpha value is -1.35. The molecule has 0 unspecified atom stereocenters. The van der Waals surface area contributed by atoms with Crippen molar-refractivity contribution >= 4 is 41.3 Å². The smallest absolute Gasteiger partial charge is 0.191 e. The molecule has 1 aliphatic heterocycles. The van der Waals surface area contributed by atoms with Crippen molar-refractivity contribution in [3.05, 3.63) is 45.4 Å². The van der Waals surface area contributed by atoms with Crippen LogP contribution >= 0.6 is 35.3 Å². The number of nitrogens with one attached hydrogen (secondary N) is 2. The largest absolute Gasteiger partial charge is 0.493 e. The molecule has 7 heteroatoms. The second-order valence-electron chi connectivity index (χ2n) is 7.79. The zero-order valence-electron chi connectivity index (χ0n) is 17.2. The molecule has 28 heavy (non-hydrogen) atoms. The molecular weight excluding hydrogens is 483 g/mol. The van der Waals surface area contributed by atoms with Crippen LogP contribution in [0.15, 0.2) is 28.6 Å². The highest BCUT2D eigenvalue weighted by Gasteiger charge is 2.17. The molecule has 0 aliphatic carbocycles. The Morgan fingerprint density at radius 2 is 2.11 bits per heavy atom. The molecule has 0 spiro atoms. The minimum absolute atomic E-state index is 0. The lowest BCUT2D eigenvalue weighted by molar-refractivity contribution is 0.357. The average Bonchev–Trinajstić information content (AvgIpc) is 3.28. The van der Waals surface area contributed by atoms with Gasteiger partial charge in [0, 0.05) is 30.3 Å². The van der Waals surface area contributed by atoms with Gasteiger partial charge in [0.1, 0.15) is 10.8 Å². The highest BCUT2D eigenvalue weighted by atomic mass is 127. The Morgan fingerprint density at radius 1 is 1.29 bits per heavy atom. The lowest BCUT2D eigenvalue weighted by atomic mass is 9.93. The number of aromatic nitrogens is 1. The minimum atomic E-state index is 0. The Kier molecular flexibility index (Phi) is 8.55. The maximum atomic E-state index is 5.58. The van der Waals surface area contributed by atoms with E-state index in [4.69, 9.17) is 14.7 Å². The summed E-state index contributed by atoms with van der Waals surface area (Å²) >= 11 is 1.68. The van der Waals surface area contributed by atoms with Crippen LogP contribution in [0.5, 0.6) is 5.75 Å². The molecule has 0 radical (unpaired) electrons. The van der Waals surface area contributed by atoms with Gasteiger partial charge in [-0.2, -0.15) is 0 Å². The zero-order valence-corrected chi connectivity index (χ0v) is 20.3. The fourth-order valence-corrected chi connectivity index (χ4v) is 3.88. The number of rotatable bonds is 6. The fraction of sp³-hybridized carbons (Fsp3) is 0.524. The fourth-order valence-electron chi connectivity index (χ4n) is 2.94. The predicted molar refractivity (Wildman–Crippen MR) is 128 cm³/mol. The lowest BCUT2D eigenvalue weighted by Gasteiger charge is -2.14. The van der Waals surface area contributed by atoms with E-state index in [9.17, 15) is 0 Å². The van der Waals surface area contributed by atoms with Crippen molar-refractivity contribution in [2.45, 2.75) is 52.5 Å². The van der Waals surface area contributed by atoms with Crippen LogP contribution in [0.25, 0.3) is 0 Å². The zero-order chi connectivity index (χ0) is 19.3. The number of guanidine groups is 1. The summed E-state index contributed by atoms with van der Waals surface area (Å²) in [5, 5.41) is 9.94. The third-order valence-corrected chi connectivity index (χ3v) is 5.33. The van der Waals surface area contributed by atoms with Gasteiger partial charge in [0.25, 0.3) is 0 Å². The van der Waals surface area contributed by atoms with Crippen molar-refractivity contribution in [3.8, 4) is 5.75 Å². The Bertz CT molecular complexity index is 798. The van der Waals surface area contributed by atoms with Crippen LogP contribution in [0.1, 0.15) is 49.5 Å². The van der Waals surface area contributed by atoms with Crippen molar-refractivity contribution in [3.63, 3.8) is 0 Å². The predicted octanol–water partition coefficient (Wildman–Crippen LogP) is 4.29. The molecule has 1 aromatic carbocycles. The topological polar surface area (TPSA) is 58.5 Å². The van der Waals surface area contributed by atoms with E-state index in [1.165, 1.54) is 11.1 Å². The summed E-state index contributed by atoms with van der Waals surface area (Å²) in [5.74, 6) is 1.88. The second-order valence-corrected chi connectivity index (χ2v) is 8.73.